The molecule has 1 amide bonds. The van der Waals surface area contributed by atoms with Crippen molar-refractivity contribution in [3.63, 3.8) is 0 Å². The van der Waals surface area contributed by atoms with Crippen LogP contribution in [0.5, 0.6) is 5.75 Å². The standard InChI is InChI=1S/C27H22Cl2FNO4/c1-3-10-35-22-9-6-17(11-15(22)2)25(32)23-24(16-4-7-20(30)8-5-16)31(27(34)26(23)33)21-13-18(28)12-19(29)14-21/h4-9,11-14,24,32H,3,10H2,1-2H3/b25-23+. The number of ketones is 1. The first-order chi connectivity index (χ1) is 16.7. The molecule has 3 aromatic rings. The van der Waals surface area contributed by atoms with E-state index in [9.17, 15) is 19.1 Å². The lowest BCUT2D eigenvalue weighted by molar-refractivity contribution is -0.132. The number of hydrogen-bond acceptors (Lipinski definition) is 4. The molecule has 0 radical (unpaired) electrons. The molecule has 1 unspecified atom stereocenters. The van der Waals surface area contributed by atoms with Crippen LogP contribution < -0.4 is 9.64 Å². The summed E-state index contributed by atoms with van der Waals surface area (Å²) in [4.78, 5) is 27.7. The van der Waals surface area contributed by atoms with E-state index in [-0.39, 0.29) is 27.1 Å². The largest absolute Gasteiger partial charge is 0.507 e. The topological polar surface area (TPSA) is 66.8 Å². The van der Waals surface area contributed by atoms with Gasteiger partial charge in [0.2, 0.25) is 0 Å². The van der Waals surface area contributed by atoms with E-state index in [2.05, 4.69) is 0 Å². The molecule has 0 aromatic heterocycles. The van der Waals surface area contributed by atoms with E-state index in [1.807, 2.05) is 13.8 Å². The Labute approximate surface area is 212 Å². The Hall–Kier alpha value is -3.35. The summed E-state index contributed by atoms with van der Waals surface area (Å²) in [5.74, 6) is -1.91. The molecule has 1 saturated heterocycles. The fraction of sp³-hybridized carbons (Fsp3) is 0.185. The number of ether oxygens (including phenoxy) is 1. The van der Waals surface area contributed by atoms with Crippen molar-refractivity contribution in [1.29, 1.82) is 0 Å². The maximum Gasteiger partial charge on any atom is 0.300 e. The second kappa shape index (κ2) is 10.1. The van der Waals surface area contributed by atoms with Gasteiger partial charge in [-0.1, -0.05) is 42.3 Å². The summed E-state index contributed by atoms with van der Waals surface area (Å²) in [7, 11) is 0. The molecule has 0 spiro atoms. The number of anilines is 1. The molecule has 180 valence electrons. The summed E-state index contributed by atoms with van der Waals surface area (Å²) in [6.07, 6.45) is 0.843. The zero-order valence-electron chi connectivity index (χ0n) is 19.0. The number of aliphatic hydroxyl groups is 1. The number of hydrogen-bond donors (Lipinski definition) is 1. The molecule has 0 aliphatic carbocycles. The lowest BCUT2D eigenvalue weighted by atomic mass is 9.94. The van der Waals surface area contributed by atoms with Crippen molar-refractivity contribution in [2.45, 2.75) is 26.3 Å². The second-order valence-corrected chi connectivity index (χ2v) is 9.05. The van der Waals surface area contributed by atoms with Crippen LogP contribution in [-0.4, -0.2) is 23.4 Å². The van der Waals surface area contributed by atoms with Crippen molar-refractivity contribution >= 4 is 46.3 Å². The highest BCUT2D eigenvalue weighted by Crippen LogP contribution is 2.43. The van der Waals surface area contributed by atoms with Crippen LogP contribution in [0.15, 0.2) is 66.2 Å². The van der Waals surface area contributed by atoms with Gasteiger partial charge in [0.05, 0.1) is 18.2 Å². The van der Waals surface area contributed by atoms with Crippen molar-refractivity contribution in [1.82, 2.24) is 0 Å². The Kier molecular flexibility index (Phi) is 7.15. The van der Waals surface area contributed by atoms with E-state index in [0.717, 1.165) is 12.0 Å². The number of benzene rings is 3. The number of rotatable bonds is 6. The van der Waals surface area contributed by atoms with Gasteiger partial charge in [0.15, 0.2) is 0 Å². The number of aliphatic hydroxyl groups excluding tert-OH is 1. The van der Waals surface area contributed by atoms with Gasteiger partial charge in [-0.05, 0) is 73.0 Å². The normalized spacial score (nSPS) is 17.2. The zero-order chi connectivity index (χ0) is 25.3. The van der Waals surface area contributed by atoms with Crippen LogP contribution in [0.3, 0.4) is 0 Å². The molecule has 3 aromatic carbocycles. The zero-order valence-corrected chi connectivity index (χ0v) is 20.5. The quantitative estimate of drug-likeness (QED) is 0.222. The van der Waals surface area contributed by atoms with E-state index in [1.165, 1.54) is 47.4 Å². The molecule has 35 heavy (non-hydrogen) atoms. The van der Waals surface area contributed by atoms with Gasteiger partial charge in [-0.3, -0.25) is 14.5 Å². The van der Waals surface area contributed by atoms with Gasteiger partial charge in [-0.15, -0.1) is 0 Å². The van der Waals surface area contributed by atoms with E-state index in [1.54, 1.807) is 18.2 Å². The molecule has 1 fully saturated rings. The van der Waals surface area contributed by atoms with E-state index < -0.39 is 23.5 Å². The van der Waals surface area contributed by atoms with Crippen molar-refractivity contribution in [3.05, 3.63) is 98.8 Å². The summed E-state index contributed by atoms with van der Waals surface area (Å²) in [6.45, 7) is 4.37. The first kappa shape index (κ1) is 24.8. The molecular weight excluding hydrogens is 492 g/mol. The van der Waals surface area contributed by atoms with Crippen LogP contribution in [0.1, 0.15) is 36.1 Å². The lowest BCUT2D eigenvalue weighted by Crippen LogP contribution is -2.29. The number of amides is 1. The highest BCUT2D eigenvalue weighted by Gasteiger charge is 2.47. The molecule has 1 aliphatic rings. The lowest BCUT2D eigenvalue weighted by Gasteiger charge is -2.26. The van der Waals surface area contributed by atoms with Gasteiger partial charge in [-0.25, -0.2) is 4.39 Å². The molecule has 0 bridgehead atoms. The van der Waals surface area contributed by atoms with E-state index in [4.69, 9.17) is 27.9 Å². The summed E-state index contributed by atoms with van der Waals surface area (Å²) in [5, 5.41) is 11.8. The average molecular weight is 514 g/mol. The van der Waals surface area contributed by atoms with E-state index in [0.29, 0.717) is 23.5 Å². The summed E-state index contributed by atoms with van der Waals surface area (Å²) < 4.78 is 19.4. The maximum absolute atomic E-state index is 13.7. The van der Waals surface area contributed by atoms with Crippen LogP contribution >= 0.6 is 23.2 Å². The van der Waals surface area contributed by atoms with Crippen molar-refractivity contribution in [2.75, 3.05) is 11.5 Å². The molecule has 8 heteroatoms. The third kappa shape index (κ3) is 4.90. The summed E-state index contributed by atoms with van der Waals surface area (Å²) in [6, 6.07) is 13.9. The van der Waals surface area contributed by atoms with Crippen LogP contribution in [0, 0.1) is 12.7 Å². The average Bonchev–Trinajstić information content (AvgIpc) is 3.08. The number of carbonyl (C=O) groups is 2. The monoisotopic (exact) mass is 513 g/mol. The molecule has 5 nitrogen and oxygen atoms in total. The van der Waals surface area contributed by atoms with Gasteiger partial charge in [0, 0.05) is 21.3 Å². The van der Waals surface area contributed by atoms with Crippen LogP contribution in [0.25, 0.3) is 5.76 Å². The fourth-order valence-corrected chi connectivity index (χ4v) is 4.58. The van der Waals surface area contributed by atoms with Gasteiger partial charge in [-0.2, -0.15) is 0 Å². The van der Waals surface area contributed by atoms with E-state index >= 15 is 0 Å². The van der Waals surface area contributed by atoms with Crippen LogP contribution in [0.4, 0.5) is 10.1 Å². The van der Waals surface area contributed by atoms with Gasteiger partial charge >= 0.3 is 0 Å². The molecule has 1 N–H and O–H groups in total. The first-order valence-corrected chi connectivity index (χ1v) is 11.7. The maximum atomic E-state index is 13.7. The molecule has 1 atom stereocenters. The first-order valence-electron chi connectivity index (χ1n) is 11.0. The summed E-state index contributed by atoms with van der Waals surface area (Å²) in [5.41, 5.74) is 1.69. The van der Waals surface area contributed by atoms with Crippen LogP contribution in [0.2, 0.25) is 10.0 Å². The third-order valence-electron chi connectivity index (χ3n) is 5.67. The Balaban J connectivity index is 1.89. The highest BCUT2D eigenvalue weighted by atomic mass is 35.5. The minimum absolute atomic E-state index is 0.126. The van der Waals surface area contributed by atoms with Crippen molar-refractivity contribution in [3.8, 4) is 5.75 Å². The SMILES string of the molecule is CCCOc1ccc(/C(O)=C2\C(=O)C(=O)N(c3cc(Cl)cc(Cl)c3)C2c2ccc(F)cc2)cc1C. The van der Waals surface area contributed by atoms with Crippen LogP contribution in [-0.2, 0) is 9.59 Å². The Morgan fingerprint density at radius 1 is 1.03 bits per heavy atom. The smallest absolute Gasteiger partial charge is 0.300 e. The predicted molar refractivity (Wildman–Crippen MR) is 135 cm³/mol. The van der Waals surface area contributed by atoms with Crippen molar-refractivity contribution < 1.29 is 23.8 Å². The summed E-state index contributed by atoms with van der Waals surface area (Å²) >= 11 is 12.3. The fourth-order valence-electron chi connectivity index (χ4n) is 4.06. The number of Topliss-reactive ketones (excluding diaryl/α,β-unsaturated/α-hetero) is 1. The third-order valence-corrected chi connectivity index (χ3v) is 6.10. The second-order valence-electron chi connectivity index (χ2n) is 8.18. The molecule has 1 heterocycles. The Bertz CT molecular complexity index is 1320. The van der Waals surface area contributed by atoms with Gasteiger partial charge in [0.1, 0.15) is 17.3 Å². The van der Waals surface area contributed by atoms with Gasteiger partial charge in [0.25, 0.3) is 11.7 Å². The minimum atomic E-state index is -1.03. The highest BCUT2D eigenvalue weighted by molar-refractivity contribution is 6.52. The number of halogens is 3. The number of nitrogens with zero attached hydrogens (tertiary/aromatic N) is 1. The van der Waals surface area contributed by atoms with Crippen molar-refractivity contribution in [2.24, 2.45) is 0 Å². The molecule has 0 saturated carbocycles. The number of aryl methyl sites for hydroxylation is 1. The molecular formula is C27H22Cl2FNO4. The number of carbonyl (C=O) groups excluding carboxylic acids is 2. The molecule has 4 rings (SSSR count). The Morgan fingerprint density at radius 2 is 1.69 bits per heavy atom. The predicted octanol–water partition coefficient (Wildman–Crippen LogP) is 6.86. The van der Waals surface area contributed by atoms with Gasteiger partial charge < -0.3 is 9.84 Å². The Morgan fingerprint density at radius 3 is 2.29 bits per heavy atom. The molecule has 1 aliphatic heterocycles. The minimum Gasteiger partial charge on any atom is -0.507 e.